The van der Waals surface area contributed by atoms with Crippen LogP contribution in [0.15, 0.2) is 29.2 Å². The highest BCUT2D eigenvalue weighted by molar-refractivity contribution is 7.98. The minimum Gasteiger partial charge on any atom is -0.293 e. The maximum absolute atomic E-state index is 11.8. The molecule has 15 heavy (non-hydrogen) atoms. The van der Waals surface area contributed by atoms with Gasteiger partial charge in [-0.2, -0.15) is 5.26 Å². The zero-order chi connectivity index (χ0) is 11.3. The average molecular weight is 219 g/mol. The fourth-order valence-corrected chi connectivity index (χ4v) is 1.70. The lowest BCUT2D eigenvalue weighted by Crippen LogP contribution is -2.11. The van der Waals surface area contributed by atoms with Crippen LogP contribution in [0.4, 0.5) is 0 Å². The van der Waals surface area contributed by atoms with Crippen LogP contribution in [0.5, 0.6) is 0 Å². The Morgan fingerprint density at radius 2 is 2.07 bits per heavy atom. The summed E-state index contributed by atoms with van der Waals surface area (Å²) < 4.78 is 0. The molecule has 0 heterocycles. The molecule has 0 aliphatic heterocycles. The summed E-state index contributed by atoms with van der Waals surface area (Å²) in [6.45, 7) is 1.85. The van der Waals surface area contributed by atoms with Crippen LogP contribution in [0, 0.1) is 17.2 Å². The van der Waals surface area contributed by atoms with Gasteiger partial charge in [0.15, 0.2) is 5.78 Å². The van der Waals surface area contributed by atoms with Crippen LogP contribution in [-0.2, 0) is 0 Å². The molecule has 2 nitrogen and oxygen atoms in total. The molecule has 1 rings (SSSR count). The van der Waals surface area contributed by atoms with Gasteiger partial charge in [0.1, 0.15) is 5.92 Å². The molecular weight excluding hydrogens is 206 g/mol. The van der Waals surface area contributed by atoms with E-state index in [9.17, 15) is 4.79 Å². The van der Waals surface area contributed by atoms with E-state index < -0.39 is 5.92 Å². The molecular formula is C12H13NOS. The van der Waals surface area contributed by atoms with Gasteiger partial charge in [0, 0.05) is 10.5 Å². The summed E-state index contributed by atoms with van der Waals surface area (Å²) in [6, 6.07) is 9.41. The van der Waals surface area contributed by atoms with E-state index in [1.165, 1.54) is 0 Å². The molecule has 0 radical (unpaired) electrons. The minimum absolute atomic E-state index is 0.0762. The van der Waals surface area contributed by atoms with E-state index in [-0.39, 0.29) is 5.78 Å². The van der Waals surface area contributed by atoms with Crippen LogP contribution >= 0.6 is 11.8 Å². The number of Topliss-reactive ketones (excluding diaryl/α,β-unsaturated/α-hetero) is 1. The first-order chi connectivity index (χ1) is 7.22. The molecule has 0 bridgehead atoms. The van der Waals surface area contributed by atoms with Crippen molar-refractivity contribution in [3.05, 3.63) is 29.8 Å². The Balaban J connectivity index is 2.88. The number of thioether (sulfide) groups is 1. The molecule has 78 valence electrons. The van der Waals surface area contributed by atoms with Gasteiger partial charge in [-0.05, 0) is 24.8 Å². The van der Waals surface area contributed by atoms with E-state index in [2.05, 4.69) is 0 Å². The predicted molar refractivity (Wildman–Crippen MR) is 61.9 cm³/mol. The highest BCUT2D eigenvalue weighted by atomic mass is 32.2. The number of carbonyl (C=O) groups excluding carboxylic acids is 1. The summed E-state index contributed by atoms with van der Waals surface area (Å²) in [4.78, 5) is 12.9. The first-order valence-corrected chi connectivity index (χ1v) is 6.03. The normalized spacial score (nSPS) is 11.8. The Labute approximate surface area is 94.3 Å². The lowest BCUT2D eigenvalue weighted by Gasteiger charge is -2.05. The van der Waals surface area contributed by atoms with Gasteiger partial charge in [0.05, 0.1) is 6.07 Å². The fraction of sp³-hybridized carbons (Fsp3) is 0.333. The maximum Gasteiger partial charge on any atom is 0.179 e. The molecule has 0 aliphatic carbocycles. The Hall–Kier alpha value is -1.27. The zero-order valence-corrected chi connectivity index (χ0v) is 9.67. The minimum atomic E-state index is -0.509. The van der Waals surface area contributed by atoms with Crippen LogP contribution in [0.25, 0.3) is 0 Å². The number of hydrogen-bond donors (Lipinski definition) is 0. The Kier molecular flexibility index (Phi) is 4.38. The molecule has 0 saturated carbocycles. The largest absolute Gasteiger partial charge is 0.293 e. The van der Waals surface area contributed by atoms with Crippen LogP contribution in [0.1, 0.15) is 23.7 Å². The number of rotatable bonds is 4. The Morgan fingerprint density at radius 3 is 2.47 bits per heavy atom. The van der Waals surface area contributed by atoms with Gasteiger partial charge < -0.3 is 0 Å². The van der Waals surface area contributed by atoms with Crippen molar-refractivity contribution in [2.75, 3.05) is 6.26 Å². The van der Waals surface area contributed by atoms with Crippen molar-refractivity contribution in [1.29, 1.82) is 5.26 Å². The number of carbonyl (C=O) groups is 1. The van der Waals surface area contributed by atoms with Gasteiger partial charge >= 0.3 is 0 Å². The quantitative estimate of drug-likeness (QED) is 0.577. The first-order valence-electron chi connectivity index (χ1n) is 4.80. The number of benzene rings is 1. The van der Waals surface area contributed by atoms with E-state index in [1.807, 2.05) is 31.4 Å². The Morgan fingerprint density at radius 1 is 1.47 bits per heavy atom. The molecule has 0 aromatic heterocycles. The molecule has 3 heteroatoms. The maximum atomic E-state index is 11.8. The monoisotopic (exact) mass is 219 g/mol. The molecule has 0 spiro atoms. The summed E-state index contributed by atoms with van der Waals surface area (Å²) in [7, 11) is 0. The fourth-order valence-electron chi connectivity index (χ4n) is 1.29. The summed E-state index contributed by atoms with van der Waals surface area (Å²) in [5, 5.41) is 8.78. The van der Waals surface area contributed by atoms with Crippen molar-refractivity contribution in [1.82, 2.24) is 0 Å². The van der Waals surface area contributed by atoms with Gasteiger partial charge in [-0.1, -0.05) is 19.1 Å². The zero-order valence-electron chi connectivity index (χ0n) is 8.86. The Bertz CT molecular complexity index is 378. The summed E-state index contributed by atoms with van der Waals surface area (Å²) in [5.74, 6) is -0.585. The van der Waals surface area contributed by atoms with Crippen molar-refractivity contribution >= 4 is 17.5 Å². The second-order valence-electron chi connectivity index (χ2n) is 3.18. The molecule has 0 amide bonds. The van der Waals surface area contributed by atoms with Crippen LogP contribution in [0.3, 0.4) is 0 Å². The second kappa shape index (κ2) is 5.57. The molecule has 1 unspecified atom stereocenters. The van der Waals surface area contributed by atoms with E-state index >= 15 is 0 Å². The van der Waals surface area contributed by atoms with Gasteiger partial charge in [-0.25, -0.2) is 0 Å². The molecule has 0 aliphatic rings. The summed E-state index contributed by atoms with van der Waals surface area (Å²) >= 11 is 1.63. The van der Waals surface area contributed by atoms with E-state index in [0.29, 0.717) is 12.0 Å². The topological polar surface area (TPSA) is 40.9 Å². The highest BCUT2D eigenvalue weighted by Gasteiger charge is 2.16. The third-order valence-electron chi connectivity index (χ3n) is 2.26. The SMILES string of the molecule is CCC(C#N)C(=O)c1ccc(SC)cc1. The second-order valence-corrected chi connectivity index (χ2v) is 4.06. The van der Waals surface area contributed by atoms with Crippen molar-refractivity contribution in [3.63, 3.8) is 0 Å². The molecule has 1 atom stereocenters. The van der Waals surface area contributed by atoms with Crippen molar-refractivity contribution in [3.8, 4) is 6.07 Å². The van der Waals surface area contributed by atoms with E-state index in [1.54, 1.807) is 23.9 Å². The average Bonchev–Trinajstić information content (AvgIpc) is 2.30. The molecule has 0 fully saturated rings. The van der Waals surface area contributed by atoms with Crippen LogP contribution < -0.4 is 0 Å². The third kappa shape index (κ3) is 2.84. The summed E-state index contributed by atoms with van der Waals surface area (Å²) in [5.41, 5.74) is 0.626. The summed E-state index contributed by atoms with van der Waals surface area (Å²) in [6.07, 6.45) is 2.56. The van der Waals surface area contributed by atoms with Crippen molar-refractivity contribution in [2.24, 2.45) is 5.92 Å². The number of ketones is 1. The molecule has 1 aromatic carbocycles. The third-order valence-corrected chi connectivity index (χ3v) is 3.00. The smallest absolute Gasteiger partial charge is 0.179 e. The first kappa shape index (κ1) is 11.8. The van der Waals surface area contributed by atoms with Gasteiger partial charge in [0.25, 0.3) is 0 Å². The lowest BCUT2D eigenvalue weighted by atomic mass is 9.97. The molecule has 0 saturated heterocycles. The molecule has 0 N–H and O–H groups in total. The molecule has 1 aromatic rings. The van der Waals surface area contributed by atoms with Crippen molar-refractivity contribution < 1.29 is 4.79 Å². The number of nitriles is 1. The van der Waals surface area contributed by atoms with E-state index in [4.69, 9.17) is 5.26 Å². The number of hydrogen-bond acceptors (Lipinski definition) is 3. The number of nitrogens with zero attached hydrogens (tertiary/aromatic N) is 1. The van der Waals surface area contributed by atoms with Gasteiger partial charge in [-0.15, -0.1) is 11.8 Å². The predicted octanol–water partition coefficient (Wildman–Crippen LogP) is 3.14. The van der Waals surface area contributed by atoms with Gasteiger partial charge in [-0.3, -0.25) is 4.79 Å². The van der Waals surface area contributed by atoms with Crippen LogP contribution in [-0.4, -0.2) is 12.0 Å². The van der Waals surface area contributed by atoms with E-state index in [0.717, 1.165) is 4.90 Å². The van der Waals surface area contributed by atoms with Crippen LogP contribution in [0.2, 0.25) is 0 Å². The standard InChI is InChI=1S/C12H13NOS/c1-3-9(8-13)12(14)10-4-6-11(15-2)7-5-10/h4-7,9H,3H2,1-2H3. The van der Waals surface area contributed by atoms with Crippen molar-refractivity contribution in [2.45, 2.75) is 18.2 Å². The van der Waals surface area contributed by atoms with Gasteiger partial charge in [0.2, 0.25) is 0 Å². The lowest BCUT2D eigenvalue weighted by molar-refractivity contribution is 0.0946. The highest BCUT2D eigenvalue weighted by Crippen LogP contribution is 2.17.